The number of carbonyl (C=O) groups is 1. The van der Waals surface area contributed by atoms with Gasteiger partial charge >= 0.3 is 5.30 Å². The summed E-state index contributed by atoms with van der Waals surface area (Å²) < 4.78 is 17.2. The third-order valence-electron chi connectivity index (χ3n) is 4.14. The Labute approximate surface area is 159 Å². The number of aryl methyl sites for hydroxylation is 3. The maximum absolute atomic E-state index is 11.7. The van der Waals surface area contributed by atoms with E-state index in [-0.39, 0.29) is 11.9 Å². The number of benzene rings is 2. The molecule has 0 spiro atoms. The lowest BCUT2D eigenvalue weighted by atomic mass is 10.0. The Balaban J connectivity index is 2.30. The molecule has 2 rings (SSSR count). The quantitative estimate of drug-likeness (QED) is 0.581. The Morgan fingerprint density at radius 3 is 2.38 bits per heavy atom. The molecule has 2 aromatic carbocycles. The molecule has 0 aromatic heterocycles. The number of carbonyl (C=O) groups excluding carboxylic acids is 1. The molecule has 4 nitrogen and oxygen atoms in total. The van der Waals surface area contributed by atoms with Crippen LogP contribution in [0.25, 0.3) is 0 Å². The molecule has 0 N–H and O–H groups in total. The summed E-state index contributed by atoms with van der Waals surface area (Å²) in [4.78, 5) is 11.7. The fraction of sp³-hybridized carbons (Fsp3) is 0.381. The molecular weight excluding hydrogens is 348 g/mol. The smallest absolute Gasteiger partial charge is 0.372 e. The summed E-state index contributed by atoms with van der Waals surface area (Å²) in [7, 11) is 0. The van der Waals surface area contributed by atoms with Gasteiger partial charge in [-0.1, -0.05) is 19.1 Å². The molecule has 26 heavy (non-hydrogen) atoms. The number of hydrogen-bond acceptors (Lipinski definition) is 5. The summed E-state index contributed by atoms with van der Waals surface area (Å²) in [6.07, 6.45) is 2.68. The minimum atomic E-state index is -0.362. The lowest BCUT2D eigenvalue weighted by Gasteiger charge is -2.17. The van der Waals surface area contributed by atoms with Gasteiger partial charge in [-0.2, -0.15) is 0 Å². The van der Waals surface area contributed by atoms with Gasteiger partial charge < -0.3 is 14.2 Å². The predicted molar refractivity (Wildman–Crippen MR) is 107 cm³/mol. The van der Waals surface area contributed by atoms with E-state index in [1.54, 1.807) is 12.3 Å². The standard InChI is InChI=1S/C21H26O4S/c1-6-16-11-15(4)20(12-14(16)3)24-13-17-18(23-7-2)9-8-10-19(17)25-21(22)26-5/h8-12H,6-7,13H2,1-5H3. The number of thioether (sulfide) groups is 1. The molecule has 0 unspecified atom stereocenters. The van der Waals surface area contributed by atoms with E-state index >= 15 is 0 Å². The van der Waals surface area contributed by atoms with Crippen LogP contribution in [0.5, 0.6) is 17.2 Å². The first kappa shape index (κ1) is 20.2. The first-order valence-corrected chi connectivity index (χ1v) is 9.96. The molecule has 0 atom stereocenters. The minimum Gasteiger partial charge on any atom is -0.493 e. The SMILES string of the molecule is CCOc1cccc(OC(=O)SC)c1COc1cc(C)c(CC)cc1C. The summed E-state index contributed by atoms with van der Waals surface area (Å²) in [5, 5.41) is -0.362. The summed E-state index contributed by atoms with van der Waals surface area (Å²) >= 11 is 1.03. The van der Waals surface area contributed by atoms with Crippen molar-refractivity contribution in [1.82, 2.24) is 0 Å². The third kappa shape index (κ3) is 4.94. The van der Waals surface area contributed by atoms with Crippen LogP contribution in [-0.4, -0.2) is 18.2 Å². The van der Waals surface area contributed by atoms with Gasteiger partial charge in [0.1, 0.15) is 23.9 Å². The first-order chi connectivity index (χ1) is 12.5. The third-order valence-corrected chi connectivity index (χ3v) is 4.55. The van der Waals surface area contributed by atoms with Crippen molar-refractivity contribution in [3.8, 4) is 17.2 Å². The highest BCUT2D eigenvalue weighted by molar-refractivity contribution is 8.12. The van der Waals surface area contributed by atoms with Crippen molar-refractivity contribution < 1.29 is 19.0 Å². The molecule has 0 bridgehead atoms. The van der Waals surface area contributed by atoms with Crippen molar-refractivity contribution in [2.75, 3.05) is 12.9 Å². The number of rotatable bonds is 7. The highest BCUT2D eigenvalue weighted by atomic mass is 32.2. The maximum atomic E-state index is 11.7. The van der Waals surface area contributed by atoms with Crippen molar-refractivity contribution in [1.29, 1.82) is 0 Å². The van der Waals surface area contributed by atoms with Crippen LogP contribution >= 0.6 is 11.8 Å². The molecule has 2 aromatic rings. The lowest BCUT2D eigenvalue weighted by Crippen LogP contribution is -2.08. The molecular formula is C21H26O4S. The van der Waals surface area contributed by atoms with Crippen molar-refractivity contribution in [2.45, 2.75) is 40.7 Å². The second kappa shape index (κ2) is 9.53. The van der Waals surface area contributed by atoms with E-state index in [2.05, 4.69) is 26.0 Å². The highest BCUT2D eigenvalue weighted by Gasteiger charge is 2.15. The molecule has 0 aliphatic heterocycles. The van der Waals surface area contributed by atoms with Gasteiger partial charge in [-0.25, -0.2) is 4.79 Å². The van der Waals surface area contributed by atoms with Gasteiger partial charge in [0, 0.05) is 0 Å². The molecule has 0 aliphatic carbocycles. The molecule has 0 saturated heterocycles. The predicted octanol–water partition coefficient (Wildman–Crippen LogP) is 5.71. The Bertz CT molecular complexity index is 771. The van der Waals surface area contributed by atoms with Crippen LogP contribution in [0.1, 0.15) is 36.1 Å². The highest BCUT2D eigenvalue weighted by Crippen LogP contribution is 2.32. The lowest BCUT2D eigenvalue weighted by molar-refractivity contribution is 0.224. The molecule has 0 saturated carbocycles. The van der Waals surface area contributed by atoms with Crippen LogP contribution in [0.15, 0.2) is 30.3 Å². The van der Waals surface area contributed by atoms with E-state index in [1.165, 1.54) is 11.1 Å². The normalized spacial score (nSPS) is 10.5. The van der Waals surface area contributed by atoms with Crippen LogP contribution in [0.4, 0.5) is 4.79 Å². The average Bonchev–Trinajstić information content (AvgIpc) is 2.63. The van der Waals surface area contributed by atoms with Crippen molar-refractivity contribution in [3.63, 3.8) is 0 Å². The van der Waals surface area contributed by atoms with Gasteiger partial charge in [-0.05, 0) is 80.1 Å². The maximum Gasteiger partial charge on any atom is 0.372 e. The zero-order valence-electron chi connectivity index (χ0n) is 16.0. The van der Waals surface area contributed by atoms with Crippen molar-refractivity contribution in [2.24, 2.45) is 0 Å². The number of ether oxygens (including phenoxy) is 3. The second-order valence-corrected chi connectivity index (χ2v) is 6.65. The largest absolute Gasteiger partial charge is 0.493 e. The Kier molecular flexibility index (Phi) is 7.39. The average molecular weight is 375 g/mol. The zero-order chi connectivity index (χ0) is 19.1. The van der Waals surface area contributed by atoms with Gasteiger partial charge in [-0.15, -0.1) is 0 Å². The summed E-state index contributed by atoms with van der Waals surface area (Å²) in [6, 6.07) is 9.65. The molecule has 0 radical (unpaired) electrons. The van der Waals surface area contributed by atoms with E-state index in [9.17, 15) is 4.79 Å². The molecule has 0 fully saturated rings. The fourth-order valence-corrected chi connectivity index (χ4v) is 2.91. The second-order valence-electron chi connectivity index (χ2n) is 5.91. The molecule has 0 heterocycles. The minimum absolute atomic E-state index is 0.263. The van der Waals surface area contributed by atoms with Gasteiger partial charge in [0.25, 0.3) is 0 Å². The van der Waals surface area contributed by atoms with Gasteiger partial charge in [0.05, 0.1) is 12.2 Å². The Morgan fingerprint density at radius 2 is 1.73 bits per heavy atom. The van der Waals surface area contributed by atoms with E-state index in [4.69, 9.17) is 14.2 Å². The molecule has 140 valence electrons. The van der Waals surface area contributed by atoms with E-state index in [0.717, 1.165) is 35.1 Å². The Hall–Kier alpha value is -2.14. The van der Waals surface area contributed by atoms with E-state index in [0.29, 0.717) is 18.1 Å². The molecule has 0 amide bonds. The first-order valence-electron chi connectivity index (χ1n) is 8.73. The van der Waals surface area contributed by atoms with Gasteiger partial charge in [0.2, 0.25) is 0 Å². The number of hydrogen-bond donors (Lipinski definition) is 0. The van der Waals surface area contributed by atoms with E-state index in [1.807, 2.05) is 26.0 Å². The summed E-state index contributed by atoms with van der Waals surface area (Å²) in [6.45, 7) is 8.98. The topological polar surface area (TPSA) is 44.8 Å². The zero-order valence-corrected chi connectivity index (χ0v) is 16.9. The van der Waals surface area contributed by atoms with Crippen LogP contribution in [-0.2, 0) is 13.0 Å². The molecule has 5 heteroatoms. The van der Waals surface area contributed by atoms with Gasteiger partial charge in [-0.3, -0.25) is 0 Å². The fourth-order valence-electron chi connectivity index (χ4n) is 2.74. The molecule has 0 aliphatic rings. The monoisotopic (exact) mass is 374 g/mol. The van der Waals surface area contributed by atoms with E-state index < -0.39 is 0 Å². The summed E-state index contributed by atoms with van der Waals surface area (Å²) in [5.74, 6) is 1.96. The van der Waals surface area contributed by atoms with Crippen LogP contribution in [0.3, 0.4) is 0 Å². The van der Waals surface area contributed by atoms with Gasteiger partial charge in [0.15, 0.2) is 0 Å². The van der Waals surface area contributed by atoms with Crippen LogP contribution < -0.4 is 14.2 Å². The Morgan fingerprint density at radius 1 is 1.00 bits per heavy atom. The van der Waals surface area contributed by atoms with Crippen LogP contribution in [0, 0.1) is 13.8 Å². The summed E-state index contributed by atoms with van der Waals surface area (Å²) in [5.41, 5.74) is 4.34. The van der Waals surface area contributed by atoms with Crippen LogP contribution in [0.2, 0.25) is 0 Å². The van der Waals surface area contributed by atoms with Crippen molar-refractivity contribution >= 4 is 17.1 Å². The van der Waals surface area contributed by atoms with Crippen molar-refractivity contribution in [3.05, 3.63) is 52.6 Å².